The Morgan fingerprint density at radius 1 is 1.10 bits per heavy atom. The zero-order valence-corrected chi connectivity index (χ0v) is 18.9. The third-order valence-electron chi connectivity index (χ3n) is 6.42. The van der Waals surface area contributed by atoms with Crippen molar-refractivity contribution < 1.29 is 33.4 Å². The van der Waals surface area contributed by atoms with Crippen molar-refractivity contribution in [3.8, 4) is 11.1 Å². The predicted octanol–water partition coefficient (Wildman–Crippen LogP) is 3.48. The number of ketones is 1. The van der Waals surface area contributed by atoms with Crippen LogP contribution in [0.25, 0.3) is 11.1 Å². The first-order chi connectivity index (χ1) is 14.6. The first-order valence-corrected chi connectivity index (χ1v) is 10.6. The van der Waals surface area contributed by atoms with E-state index in [4.69, 9.17) is 13.9 Å². The highest BCUT2D eigenvalue weighted by atomic mass is 16.5. The maximum absolute atomic E-state index is 13.1. The maximum atomic E-state index is 13.1. The first kappa shape index (κ1) is 23.0. The minimum atomic E-state index is -1.67. The number of hydrogen-bond acceptors (Lipinski definition) is 7. The molecule has 1 N–H and O–H groups in total. The Labute approximate surface area is 182 Å². The Morgan fingerprint density at radius 3 is 2.32 bits per heavy atom. The predicted molar refractivity (Wildman–Crippen MR) is 113 cm³/mol. The zero-order chi connectivity index (χ0) is 23.1. The van der Waals surface area contributed by atoms with Gasteiger partial charge in [0.1, 0.15) is 5.92 Å². The number of aliphatic hydroxyl groups is 1. The molecule has 3 rings (SSSR count). The molecule has 3 aliphatic rings. The quantitative estimate of drug-likeness (QED) is 0.572. The molecule has 2 aliphatic carbocycles. The van der Waals surface area contributed by atoms with Crippen LogP contribution in [0.4, 0.5) is 0 Å². The number of hydrogen-bond donors (Lipinski definition) is 1. The summed E-state index contributed by atoms with van der Waals surface area (Å²) < 4.78 is 16.0. The molecule has 4 unspecified atom stereocenters. The zero-order valence-electron chi connectivity index (χ0n) is 18.9. The third-order valence-corrected chi connectivity index (χ3v) is 6.42. The van der Waals surface area contributed by atoms with E-state index in [1.54, 1.807) is 26.4 Å². The van der Waals surface area contributed by atoms with Crippen molar-refractivity contribution in [2.75, 3.05) is 13.2 Å². The molecule has 0 spiro atoms. The third kappa shape index (κ3) is 3.76. The van der Waals surface area contributed by atoms with Crippen LogP contribution in [0.1, 0.15) is 55.4 Å². The molecule has 1 saturated carbocycles. The van der Waals surface area contributed by atoms with Gasteiger partial charge in [0.25, 0.3) is 0 Å². The summed E-state index contributed by atoms with van der Waals surface area (Å²) in [7, 11) is 0. The Balaban J connectivity index is 2.34. The second-order valence-corrected chi connectivity index (χ2v) is 8.49. The second kappa shape index (κ2) is 8.46. The summed E-state index contributed by atoms with van der Waals surface area (Å²) in [5.74, 6) is -5.02. The number of esters is 2. The number of rotatable bonds is 5. The van der Waals surface area contributed by atoms with Crippen LogP contribution >= 0.6 is 0 Å². The molecule has 31 heavy (non-hydrogen) atoms. The van der Waals surface area contributed by atoms with Gasteiger partial charge in [0, 0.05) is 17.9 Å². The average Bonchev–Trinajstić information content (AvgIpc) is 2.92. The molecule has 0 radical (unpaired) electrons. The van der Waals surface area contributed by atoms with Crippen molar-refractivity contribution in [2.24, 2.45) is 11.8 Å². The summed E-state index contributed by atoms with van der Waals surface area (Å²) in [5, 5.41) is 11.2. The van der Waals surface area contributed by atoms with Gasteiger partial charge in [0.15, 0.2) is 5.78 Å². The van der Waals surface area contributed by atoms with Crippen LogP contribution in [0.2, 0.25) is 0 Å². The molecule has 0 aromatic heterocycles. The fourth-order valence-corrected chi connectivity index (χ4v) is 5.00. The molecule has 0 aromatic rings. The van der Waals surface area contributed by atoms with E-state index in [0.717, 1.165) is 27.8 Å². The van der Waals surface area contributed by atoms with E-state index in [1.807, 2.05) is 20.8 Å². The number of ether oxygens (including phenoxy) is 2. The number of carbonyl (C=O) groups is 3. The molecule has 0 amide bonds. The number of aryl methyl sites for hydroxylation is 1. The summed E-state index contributed by atoms with van der Waals surface area (Å²) in [6.45, 7) is 10.7. The van der Waals surface area contributed by atoms with Gasteiger partial charge >= 0.3 is 11.9 Å². The number of carbonyl (C=O) groups excluding carboxylic acids is 3. The van der Waals surface area contributed by atoms with E-state index in [1.165, 1.54) is 6.92 Å². The van der Waals surface area contributed by atoms with E-state index < -0.39 is 41.1 Å². The molecule has 1 fully saturated rings. The Bertz CT molecular complexity index is 984. The molecule has 7 nitrogen and oxygen atoms in total. The molecule has 4 atom stereocenters. The Hall–Kier alpha value is -2.67. The lowest BCUT2D eigenvalue weighted by molar-refractivity contribution is -0.172. The molecule has 0 aromatic carbocycles. The van der Waals surface area contributed by atoms with Gasteiger partial charge in [-0.15, -0.1) is 0 Å². The SMILES string of the molecule is CCOC(=O)C1C(=O)CC(C)(O)C(C(=O)OCC)C1c1c(C)c(C)c2cocc(C)c1-2. The molecular formula is C24H30O7. The highest BCUT2D eigenvalue weighted by Crippen LogP contribution is 2.53. The smallest absolute Gasteiger partial charge is 0.317 e. The van der Waals surface area contributed by atoms with Crippen LogP contribution in [0, 0.1) is 32.6 Å². The van der Waals surface area contributed by atoms with Gasteiger partial charge in [-0.3, -0.25) is 14.4 Å². The fraction of sp³-hybridized carbons (Fsp3) is 0.542. The molecule has 168 valence electrons. The van der Waals surface area contributed by atoms with Crippen LogP contribution in [0.15, 0.2) is 16.9 Å². The lowest BCUT2D eigenvalue weighted by Crippen LogP contribution is -2.55. The van der Waals surface area contributed by atoms with Crippen LogP contribution < -0.4 is 0 Å². The second-order valence-electron chi connectivity index (χ2n) is 8.49. The summed E-state index contributed by atoms with van der Waals surface area (Å²) in [6.07, 6.45) is 2.88. The standard InChI is InChI=1S/C24H30O7/c1-7-30-22(26)19-16(25)9-24(6,28)21(23(27)31-8-2)20(19)18-14(5)13(4)15-11-29-10-12(3)17(15)18/h10-11,19-21,28H,7-9H2,1-6H3. The molecule has 7 heteroatoms. The van der Waals surface area contributed by atoms with Gasteiger partial charge < -0.3 is 19.0 Å². The molecular weight excluding hydrogens is 400 g/mol. The summed E-state index contributed by atoms with van der Waals surface area (Å²) >= 11 is 0. The summed E-state index contributed by atoms with van der Waals surface area (Å²) in [6, 6.07) is 0. The Kier molecular flexibility index (Phi) is 6.28. The van der Waals surface area contributed by atoms with Crippen molar-refractivity contribution in [1.29, 1.82) is 0 Å². The lowest BCUT2D eigenvalue weighted by atomic mass is 9.61. The van der Waals surface area contributed by atoms with Gasteiger partial charge in [0.2, 0.25) is 0 Å². The van der Waals surface area contributed by atoms with Crippen LogP contribution in [0.5, 0.6) is 0 Å². The van der Waals surface area contributed by atoms with Crippen molar-refractivity contribution in [1.82, 2.24) is 0 Å². The minimum absolute atomic E-state index is 0.105. The van der Waals surface area contributed by atoms with E-state index in [2.05, 4.69) is 0 Å². The average molecular weight is 430 g/mol. The molecule has 1 heterocycles. The normalized spacial score (nSPS) is 26.2. The van der Waals surface area contributed by atoms with E-state index in [9.17, 15) is 19.5 Å². The molecule has 0 saturated heterocycles. The lowest BCUT2D eigenvalue weighted by Gasteiger charge is -2.44. The Morgan fingerprint density at radius 2 is 1.71 bits per heavy atom. The molecule has 1 aliphatic heterocycles. The maximum Gasteiger partial charge on any atom is 0.317 e. The highest BCUT2D eigenvalue weighted by Gasteiger charge is 2.58. The van der Waals surface area contributed by atoms with Crippen molar-refractivity contribution in [3.63, 3.8) is 0 Å². The molecule has 0 bridgehead atoms. The van der Waals surface area contributed by atoms with Crippen molar-refractivity contribution >= 4 is 17.7 Å². The summed E-state index contributed by atoms with van der Waals surface area (Å²) in [4.78, 5) is 39.2. The topological polar surface area (TPSA) is 103 Å². The largest absolute Gasteiger partial charge is 0.472 e. The van der Waals surface area contributed by atoms with Gasteiger partial charge in [-0.1, -0.05) is 0 Å². The first-order valence-electron chi connectivity index (χ1n) is 10.6. The van der Waals surface area contributed by atoms with Crippen molar-refractivity contribution in [2.45, 2.75) is 59.5 Å². The van der Waals surface area contributed by atoms with Gasteiger partial charge in [-0.25, -0.2) is 0 Å². The van der Waals surface area contributed by atoms with Gasteiger partial charge in [-0.05, 0) is 69.4 Å². The minimum Gasteiger partial charge on any atom is -0.472 e. The van der Waals surface area contributed by atoms with Gasteiger partial charge in [-0.2, -0.15) is 0 Å². The van der Waals surface area contributed by atoms with Crippen molar-refractivity contribution in [3.05, 3.63) is 34.8 Å². The van der Waals surface area contributed by atoms with E-state index >= 15 is 0 Å². The van der Waals surface area contributed by atoms with Crippen LogP contribution in [0.3, 0.4) is 0 Å². The van der Waals surface area contributed by atoms with E-state index in [0.29, 0.717) is 5.56 Å². The van der Waals surface area contributed by atoms with Crippen LogP contribution in [-0.4, -0.2) is 41.6 Å². The summed E-state index contributed by atoms with van der Waals surface area (Å²) in [5.41, 5.74) is 3.26. The fourth-order valence-electron chi connectivity index (χ4n) is 5.00. The van der Waals surface area contributed by atoms with Gasteiger partial charge in [0.05, 0.1) is 37.3 Å². The van der Waals surface area contributed by atoms with E-state index in [-0.39, 0.29) is 19.6 Å². The van der Waals surface area contributed by atoms with Crippen LogP contribution in [-0.2, 0) is 23.9 Å². The monoisotopic (exact) mass is 430 g/mol. The number of fused-ring (bicyclic) bond motifs is 1. The number of Topliss-reactive ketones (excluding diaryl/α,β-unsaturated/α-hetero) is 1. The highest BCUT2D eigenvalue weighted by molar-refractivity contribution is 6.03.